The molecule has 0 radical (unpaired) electrons. The molecular formula is C19H29NO3. The van der Waals surface area contributed by atoms with Crippen molar-refractivity contribution in [2.75, 3.05) is 20.3 Å². The van der Waals surface area contributed by atoms with Gasteiger partial charge in [0, 0.05) is 6.54 Å². The van der Waals surface area contributed by atoms with Gasteiger partial charge in [0.25, 0.3) is 0 Å². The molecule has 1 aliphatic rings. The van der Waals surface area contributed by atoms with Gasteiger partial charge in [-0.1, -0.05) is 26.0 Å². The van der Waals surface area contributed by atoms with Gasteiger partial charge in [0.15, 0.2) is 0 Å². The van der Waals surface area contributed by atoms with E-state index in [1.807, 2.05) is 36.1 Å². The molecule has 2 unspecified atom stereocenters. The predicted molar refractivity (Wildman–Crippen MR) is 91.8 cm³/mol. The Balaban J connectivity index is 2.30. The molecule has 128 valence electrons. The number of rotatable bonds is 4. The second kappa shape index (κ2) is 6.91. The van der Waals surface area contributed by atoms with Crippen LogP contribution < -0.4 is 4.74 Å². The quantitative estimate of drug-likeness (QED) is 0.853. The molecule has 1 fully saturated rings. The molecule has 2 rings (SSSR count). The van der Waals surface area contributed by atoms with Crippen molar-refractivity contribution in [3.8, 4) is 5.75 Å². The summed E-state index contributed by atoms with van der Waals surface area (Å²) in [5.74, 6) is 1.07. The Morgan fingerprint density at radius 1 is 1.30 bits per heavy atom. The predicted octanol–water partition coefficient (Wildman–Crippen LogP) is 3.46. The van der Waals surface area contributed by atoms with Crippen LogP contribution in [0.4, 0.5) is 0 Å². The van der Waals surface area contributed by atoms with Gasteiger partial charge in [-0.05, 0) is 44.4 Å². The molecule has 0 N–H and O–H groups in total. The van der Waals surface area contributed by atoms with Crippen LogP contribution >= 0.6 is 0 Å². The first-order valence-corrected chi connectivity index (χ1v) is 8.33. The third-order valence-corrected chi connectivity index (χ3v) is 4.57. The van der Waals surface area contributed by atoms with Crippen molar-refractivity contribution in [3.63, 3.8) is 0 Å². The highest BCUT2D eigenvalue weighted by Crippen LogP contribution is 2.32. The lowest BCUT2D eigenvalue weighted by Gasteiger charge is -2.46. The molecule has 4 heteroatoms. The summed E-state index contributed by atoms with van der Waals surface area (Å²) in [4.78, 5) is 15.3. The van der Waals surface area contributed by atoms with Gasteiger partial charge in [0.05, 0.1) is 31.3 Å². The van der Waals surface area contributed by atoms with Crippen LogP contribution in [0.15, 0.2) is 24.3 Å². The van der Waals surface area contributed by atoms with Crippen LogP contribution in [0, 0.1) is 5.92 Å². The molecule has 4 nitrogen and oxygen atoms in total. The molecule has 1 aliphatic heterocycles. The van der Waals surface area contributed by atoms with E-state index in [4.69, 9.17) is 9.47 Å². The summed E-state index contributed by atoms with van der Waals surface area (Å²) in [6.07, 6.45) is 0.0793. The summed E-state index contributed by atoms with van der Waals surface area (Å²) < 4.78 is 11.0. The second-order valence-electron chi connectivity index (χ2n) is 7.38. The fraction of sp³-hybridized carbons (Fsp3) is 0.632. The highest BCUT2D eigenvalue weighted by molar-refractivity contribution is 5.85. The molecule has 0 spiro atoms. The fourth-order valence-corrected chi connectivity index (χ4v) is 3.16. The Bertz CT molecular complexity index is 536. The van der Waals surface area contributed by atoms with Crippen LogP contribution in [0.1, 0.15) is 46.1 Å². The van der Waals surface area contributed by atoms with Gasteiger partial charge in [0.2, 0.25) is 5.91 Å². The van der Waals surface area contributed by atoms with Crippen molar-refractivity contribution in [2.24, 2.45) is 5.92 Å². The Hall–Kier alpha value is -1.55. The molecule has 1 amide bonds. The lowest BCUT2D eigenvalue weighted by atomic mass is 9.85. The van der Waals surface area contributed by atoms with Gasteiger partial charge in [0.1, 0.15) is 5.75 Å². The topological polar surface area (TPSA) is 38.8 Å². The SMILES string of the molecule is COc1ccc(C(C(=O)N2CC(C)OCC2(C)C)C(C)C)cc1. The summed E-state index contributed by atoms with van der Waals surface area (Å²) in [7, 11) is 1.65. The Morgan fingerprint density at radius 2 is 1.91 bits per heavy atom. The Morgan fingerprint density at radius 3 is 2.43 bits per heavy atom. The van der Waals surface area contributed by atoms with E-state index in [-0.39, 0.29) is 29.4 Å². The first-order chi connectivity index (χ1) is 10.8. The first kappa shape index (κ1) is 17.8. The van der Waals surface area contributed by atoms with E-state index in [1.54, 1.807) is 7.11 Å². The largest absolute Gasteiger partial charge is 0.497 e. The zero-order chi connectivity index (χ0) is 17.2. The molecule has 0 aliphatic carbocycles. The number of ether oxygens (including phenoxy) is 2. The summed E-state index contributed by atoms with van der Waals surface area (Å²) in [5.41, 5.74) is 0.768. The van der Waals surface area contributed by atoms with Crippen molar-refractivity contribution in [3.05, 3.63) is 29.8 Å². The molecular weight excluding hydrogens is 290 g/mol. The van der Waals surface area contributed by atoms with Crippen LogP contribution in [0.2, 0.25) is 0 Å². The monoisotopic (exact) mass is 319 g/mol. The molecule has 1 aromatic rings. The van der Waals surface area contributed by atoms with Crippen LogP contribution in [0.25, 0.3) is 0 Å². The van der Waals surface area contributed by atoms with E-state index in [9.17, 15) is 4.79 Å². The minimum atomic E-state index is -0.275. The van der Waals surface area contributed by atoms with Gasteiger partial charge in [-0.2, -0.15) is 0 Å². The van der Waals surface area contributed by atoms with Gasteiger partial charge >= 0.3 is 0 Å². The van der Waals surface area contributed by atoms with E-state index in [1.165, 1.54) is 0 Å². The van der Waals surface area contributed by atoms with Crippen LogP contribution in [-0.2, 0) is 9.53 Å². The Kier molecular flexibility index (Phi) is 5.35. The Labute approximate surface area is 139 Å². The molecule has 1 heterocycles. The highest BCUT2D eigenvalue weighted by Gasteiger charge is 2.40. The molecule has 0 saturated carbocycles. The number of benzene rings is 1. The first-order valence-electron chi connectivity index (χ1n) is 8.33. The van der Waals surface area contributed by atoms with Crippen LogP contribution in [0.3, 0.4) is 0 Å². The molecule has 0 bridgehead atoms. The molecule has 0 aromatic heterocycles. The van der Waals surface area contributed by atoms with Crippen molar-refractivity contribution >= 4 is 5.91 Å². The van der Waals surface area contributed by atoms with Gasteiger partial charge in [-0.3, -0.25) is 4.79 Å². The lowest BCUT2D eigenvalue weighted by Crippen LogP contribution is -2.59. The van der Waals surface area contributed by atoms with E-state index in [0.29, 0.717) is 13.2 Å². The zero-order valence-electron chi connectivity index (χ0n) is 15.1. The molecule has 23 heavy (non-hydrogen) atoms. The van der Waals surface area contributed by atoms with Crippen LogP contribution in [0.5, 0.6) is 5.75 Å². The lowest BCUT2D eigenvalue weighted by molar-refractivity contribution is -0.155. The summed E-state index contributed by atoms with van der Waals surface area (Å²) in [6, 6.07) is 7.84. The number of hydrogen-bond acceptors (Lipinski definition) is 3. The van der Waals surface area contributed by atoms with Gasteiger partial charge in [-0.15, -0.1) is 0 Å². The van der Waals surface area contributed by atoms with E-state index >= 15 is 0 Å². The van der Waals surface area contributed by atoms with E-state index in [0.717, 1.165) is 11.3 Å². The van der Waals surface area contributed by atoms with Gasteiger partial charge < -0.3 is 14.4 Å². The number of methoxy groups -OCH3 is 1. The van der Waals surface area contributed by atoms with Crippen LogP contribution in [-0.4, -0.2) is 42.7 Å². The van der Waals surface area contributed by atoms with E-state index in [2.05, 4.69) is 27.7 Å². The fourth-order valence-electron chi connectivity index (χ4n) is 3.16. The van der Waals surface area contributed by atoms with Crippen molar-refractivity contribution in [1.29, 1.82) is 0 Å². The number of carbonyl (C=O) groups excluding carboxylic acids is 1. The van der Waals surface area contributed by atoms with E-state index < -0.39 is 0 Å². The maximum Gasteiger partial charge on any atom is 0.230 e. The molecule has 2 atom stereocenters. The molecule has 1 aromatic carbocycles. The third-order valence-electron chi connectivity index (χ3n) is 4.57. The molecule has 1 saturated heterocycles. The minimum Gasteiger partial charge on any atom is -0.497 e. The maximum atomic E-state index is 13.3. The maximum absolute atomic E-state index is 13.3. The minimum absolute atomic E-state index is 0.0793. The average Bonchev–Trinajstić information content (AvgIpc) is 2.50. The van der Waals surface area contributed by atoms with Crippen molar-refractivity contribution in [1.82, 2.24) is 4.90 Å². The second-order valence-corrected chi connectivity index (χ2v) is 7.38. The number of morpholine rings is 1. The number of amides is 1. The van der Waals surface area contributed by atoms with Crippen molar-refractivity contribution in [2.45, 2.75) is 52.2 Å². The van der Waals surface area contributed by atoms with Gasteiger partial charge in [-0.25, -0.2) is 0 Å². The zero-order valence-corrected chi connectivity index (χ0v) is 15.1. The summed E-state index contributed by atoms with van der Waals surface area (Å²) >= 11 is 0. The number of carbonyl (C=O) groups is 1. The number of hydrogen-bond donors (Lipinski definition) is 0. The standard InChI is InChI=1S/C19H29NO3/c1-13(2)17(15-7-9-16(22-6)10-8-15)18(21)20-11-14(3)23-12-19(20,4)5/h7-10,13-14,17H,11-12H2,1-6H3. The average molecular weight is 319 g/mol. The summed E-state index contributed by atoms with van der Waals surface area (Å²) in [5, 5.41) is 0. The number of nitrogens with zero attached hydrogens (tertiary/aromatic N) is 1. The highest BCUT2D eigenvalue weighted by atomic mass is 16.5. The normalized spacial score (nSPS) is 22.0. The third kappa shape index (κ3) is 3.86. The summed E-state index contributed by atoms with van der Waals surface area (Å²) in [6.45, 7) is 11.6. The van der Waals surface area contributed by atoms with Crippen molar-refractivity contribution < 1.29 is 14.3 Å². The smallest absolute Gasteiger partial charge is 0.230 e.